The summed E-state index contributed by atoms with van der Waals surface area (Å²) < 4.78 is 1.41. The number of hydrogen-bond acceptors (Lipinski definition) is 5. The lowest BCUT2D eigenvalue weighted by atomic mass is 10.3. The number of carbonyl (C=O) groups excluding carboxylic acids is 1. The van der Waals surface area contributed by atoms with Gasteiger partial charge in [0.25, 0.3) is 0 Å². The first-order valence-corrected chi connectivity index (χ1v) is 6.23. The van der Waals surface area contributed by atoms with E-state index in [0.717, 1.165) is 6.20 Å². The van der Waals surface area contributed by atoms with Crippen molar-refractivity contribution in [1.82, 2.24) is 9.78 Å². The van der Waals surface area contributed by atoms with Crippen molar-refractivity contribution in [2.45, 2.75) is 19.9 Å². The molecule has 1 aromatic heterocycles. The van der Waals surface area contributed by atoms with Crippen molar-refractivity contribution in [1.29, 1.82) is 0 Å². The number of para-hydroxylation sites is 2. The van der Waals surface area contributed by atoms with E-state index in [2.05, 4.69) is 10.4 Å². The van der Waals surface area contributed by atoms with Crippen LogP contribution in [0.1, 0.15) is 12.1 Å². The van der Waals surface area contributed by atoms with Gasteiger partial charge in [-0.1, -0.05) is 12.1 Å². The lowest BCUT2D eigenvalue weighted by Crippen LogP contribution is -2.15. The Balaban J connectivity index is 1.96. The standard InChI is InChI=1S/C13H14N4O4/c1-9-11(17(20)21)8-14-16(9)7-6-13(19)15-10-4-2-3-5-12(10)18/h2-5,8,18H,6-7H2,1H3,(H,15,19). The van der Waals surface area contributed by atoms with Gasteiger partial charge in [-0.3, -0.25) is 19.6 Å². The van der Waals surface area contributed by atoms with E-state index in [1.807, 2.05) is 0 Å². The molecule has 1 amide bonds. The van der Waals surface area contributed by atoms with Crippen LogP contribution in [-0.4, -0.2) is 25.7 Å². The average molecular weight is 290 g/mol. The molecule has 0 saturated carbocycles. The molecule has 1 heterocycles. The molecule has 0 unspecified atom stereocenters. The van der Waals surface area contributed by atoms with Gasteiger partial charge in [0.2, 0.25) is 5.91 Å². The van der Waals surface area contributed by atoms with Gasteiger partial charge in [-0.25, -0.2) is 0 Å². The van der Waals surface area contributed by atoms with Gasteiger partial charge in [-0.2, -0.15) is 5.10 Å². The van der Waals surface area contributed by atoms with Crippen LogP contribution in [0.3, 0.4) is 0 Å². The molecule has 0 saturated heterocycles. The van der Waals surface area contributed by atoms with Crippen LogP contribution in [-0.2, 0) is 11.3 Å². The van der Waals surface area contributed by atoms with Crippen LogP contribution in [0.2, 0.25) is 0 Å². The summed E-state index contributed by atoms with van der Waals surface area (Å²) in [6.07, 6.45) is 1.25. The Morgan fingerprint density at radius 1 is 1.48 bits per heavy atom. The van der Waals surface area contributed by atoms with Crippen LogP contribution >= 0.6 is 0 Å². The predicted octanol–water partition coefficient (Wildman–Crippen LogP) is 1.83. The fraction of sp³-hybridized carbons (Fsp3) is 0.231. The summed E-state index contributed by atoms with van der Waals surface area (Å²) in [4.78, 5) is 22.0. The Hall–Kier alpha value is -2.90. The van der Waals surface area contributed by atoms with Gasteiger partial charge in [-0.15, -0.1) is 0 Å². The van der Waals surface area contributed by atoms with E-state index >= 15 is 0 Å². The second kappa shape index (κ2) is 6.04. The molecule has 0 aliphatic carbocycles. The second-order valence-corrected chi connectivity index (χ2v) is 4.41. The third-order valence-electron chi connectivity index (χ3n) is 3.00. The molecule has 2 rings (SSSR count). The minimum absolute atomic E-state index is 0.0169. The van der Waals surface area contributed by atoms with Crippen LogP contribution in [0.4, 0.5) is 11.4 Å². The first-order valence-electron chi connectivity index (χ1n) is 6.23. The van der Waals surface area contributed by atoms with E-state index in [1.165, 1.54) is 10.7 Å². The third-order valence-corrected chi connectivity index (χ3v) is 3.00. The van der Waals surface area contributed by atoms with E-state index < -0.39 is 4.92 Å². The minimum Gasteiger partial charge on any atom is -0.506 e. The van der Waals surface area contributed by atoms with Crippen LogP contribution in [0.15, 0.2) is 30.5 Å². The van der Waals surface area contributed by atoms with E-state index in [-0.39, 0.29) is 30.3 Å². The largest absolute Gasteiger partial charge is 0.506 e. The van der Waals surface area contributed by atoms with Crippen molar-refractivity contribution < 1.29 is 14.8 Å². The molecule has 0 aliphatic heterocycles. The molecule has 0 aliphatic rings. The van der Waals surface area contributed by atoms with Gasteiger partial charge in [0.15, 0.2) is 0 Å². The second-order valence-electron chi connectivity index (χ2n) is 4.41. The molecule has 2 aromatic rings. The number of nitrogens with one attached hydrogen (secondary N) is 1. The predicted molar refractivity (Wildman–Crippen MR) is 75.0 cm³/mol. The van der Waals surface area contributed by atoms with Crippen molar-refractivity contribution in [3.8, 4) is 5.75 Å². The Morgan fingerprint density at radius 2 is 2.19 bits per heavy atom. The highest BCUT2D eigenvalue weighted by Gasteiger charge is 2.16. The summed E-state index contributed by atoms with van der Waals surface area (Å²) in [6.45, 7) is 1.80. The molecule has 8 nitrogen and oxygen atoms in total. The molecule has 0 radical (unpaired) electrons. The van der Waals surface area contributed by atoms with Crippen LogP contribution in [0.5, 0.6) is 5.75 Å². The highest BCUT2D eigenvalue weighted by atomic mass is 16.6. The van der Waals surface area contributed by atoms with Crippen LogP contribution in [0, 0.1) is 17.0 Å². The van der Waals surface area contributed by atoms with E-state index in [4.69, 9.17) is 0 Å². The minimum atomic E-state index is -0.513. The highest BCUT2D eigenvalue weighted by Crippen LogP contribution is 2.21. The zero-order chi connectivity index (χ0) is 15.4. The molecule has 8 heteroatoms. The van der Waals surface area contributed by atoms with Crippen molar-refractivity contribution in [3.05, 3.63) is 46.3 Å². The smallest absolute Gasteiger partial charge is 0.309 e. The molecule has 0 spiro atoms. The van der Waals surface area contributed by atoms with Gasteiger partial charge in [0, 0.05) is 6.42 Å². The number of amides is 1. The SMILES string of the molecule is Cc1c([N+](=O)[O-])cnn1CCC(=O)Nc1ccccc1O. The topological polar surface area (TPSA) is 110 Å². The number of aryl methyl sites for hydroxylation is 1. The van der Waals surface area contributed by atoms with Gasteiger partial charge in [0.1, 0.15) is 17.6 Å². The van der Waals surface area contributed by atoms with Gasteiger partial charge in [-0.05, 0) is 19.1 Å². The maximum atomic E-state index is 11.8. The molecule has 0 atom stereocenters. The zero-order valence-corrected chi connectivity index (χ0v) is 11.3. The van der Waals surface area contributed by atoms with Crippen molar-refractivity contribution in [2.24, 2.45) is 0 Å². The van der Waals surface area contributed by atoms with Crippen molar-refractivity contribution in [2.75, 3.05) is 5.32 Å². The molecule has 1 aromatic carbocycles. The van der Waals surface area contributed by atoms with Crippen LogP contribution in [0.25, 0.3) is 0 Å². The number of nitrogens with zero attached hydrogens (tertiary/aromatic N) is 3. The number of phenolic OH excluding ortho intramolecular Hbond substituents is 1. The Labute approximate surface area is 120 Å². The zero-order valence-electron chi connectivity index (χ0n) is 11.3. The summed E-state index contributed by atoms with van der Waals surface area (Å²) in [5, 5.41) is 26.7. The summed E-state index contributed by atoms with van der Waals surface area (Å²) >= 11 is 0. The first kappa shape index (κ1) is 14.5. The third kappa shape index (κ3) is 3.35. The lowest BCUT2D eigenvalue weighted by molar-refractivity contribution is -0.385. The normalized spacial score (nSPS) is 10.3. The van der Waals surface area contributed by atoms with Crippen LogP contribution < -0.4 is 5.32 Å². The molecule has 2 N–H and O–H groups in total. The highest BCUT2D eigenvalue weighted by molar-refractivity contribution is 5.92. The van der Waals surface area contributed by atoms with Gasteiger partial charge >= 0.3 is 5.69 Å². The number of nitro groups is 1. The maximum Gasteiger partial charge on any atom is 0.309 e. The number of anilines is 1. The van der Waals surface area contributed by atoms with Gasteiger partial charge < -0.3 is 10.4 Å². The first-order chi connectivity index (χ1) is 9.99. The Bertz CT molecular complexity index is 681. The Kier molecular flexibility index (Phi) is 4.17. The lowest BCUT2D eigenvalue weighted by Gasteiger charge is -2.07. The molecular formula is C13H14N4O4. The fourth-order valence-corrected chi connectivity index (χ4v) is 1.84. The quantitative estimate of drug-likeness (QED) is 0.496. The Morgan fingerprint density at radius 3 is 2.81 bits per heavy atom. The summed E-state index contributed by atoms with van der Waals surface area (Å²) in [7, 11) is 0. The average Bonchev–Trinajstić information content (AvgIpc) is 2.80. The fourth-order valence-electron chi connectivity index (χ4n) is 1.84. The number of rotatable bonds is 5. The number of phenols is 1. The number of aromatic nitrogens is 2. The molecule has 110 valence electrons. The van der Waals surface area contributed by atoms with E-state index in [0.29, 0.717) is 11.4 Å². The van der Waals surface area contributed by atoms with E-state index in [1.54, 1.807) is 25.1 Å². The number of aromatic hydroxyl groups is 1. The number of benzene rings is 1. The molecular weight excluding hydrogens is 276 g/mol. The van der Waals surface area contributed by atoms with E-state index in [9.17, 15) is 20.0 Å². The number of hydrogen-bond donors (Lipinski definition) is 2. The number of carbonyl (C=O) groups is 1. The summed E-state index contributed by atoms with van der Waals surface area (Å²) in [5.74, 6) is -0.328. The summed E-state index contributed by atoms with van der Waals surface area (Å²) in [5.41, 5.74) is 0.650. The molecule has 0 bridgehead atoms. The summed E-state index contributed by atoms with van der Waals surface area (Å²) in [6, 6.07) is 6.39. The molecule has 0 fully saturated rings. The van der Waals surface area contributed by atoms with Crippen molar-refractivity contribution in [3.63, 3.8) is 0 Å². The van der Waals surface area contributed by atoms with Gasteiger partial charge in [0.05, 0.1) is 17.2 Å². The molecule has 21 heavy (non-hydrogen) atoms. The monoisotopic (exact) mass is 290 g/mol. The van der Waals surface area contributed by atoms with Crippen molar-refractivity contribution >= 4 is 17.3 Å². The maximum absolute atomic E-state index is 11.8.